The summed E-state index contributed by atoms with van der Waals surface area (Å²) in [6.45, 7) is 0. The van der Waals surface area contributed by atoms with Crippen LogP contribution in [0.25, 0.3) is 0 Å². The van der Waals surface area contributed by atoms with Crippen LogP contribution in [0.2, 0.25) is 0 Å². The van der Waals surface area contributed by atoms with Gasteiger partial charge in [0.2, 0.25) is 0 Å². The summed E-state index contributed by atoms with van der Waals surface area (Å²) < 4.78 is 42.2. The van der Waals surface area contributed by atoms with Crippen molar-refractivity contribution in [2.24, 2.45) is 5.73 Å². The lowest BCUT2D eigenvalue weighted by Gasteiger charge is -2.05. The molecule has 19 heavy (non-hydrogen) atoms. The maximum Gasteiger partial charge on any atom is 0.434 e. The molecule has 1 heterocycles. The first-order valence-corrected chi connectivity index (χ1v) is 5.85. The van der Waals surface area contributed by atoms with Gasteiger partial charge in [0, 0.05) is 5.38 Å². The summed E-state index contributed by atoms with van der Waals surface area (Å²) in [4.78, 5) is 14.4. The topological polar surface area (TPSA) is 65.2 Å². The molecule has 0 aliphatic carbocycles. The lowest BCUT2D eigenvalue weighted by Crippen LogP contribution is -2.12. The molecule has 0 bridgehead atoms. The Kier molecular flexibility index (Phi) is 3.43. The quantitative estimate of drug-likeness (QED) is 0.944. The fraction of sp³-hybridized carbons (Fsp3) is 0.0909. The van der Waals surface area contributed by atoms with E-state index in [1.807, 2.05) is 0 Å². The number of hydrogen-bond donors (Lipinski definition) is 1. The molecule has 0 saturated carbocycles. The normalized spacial score (nSPS) is 11.3. The van der Waals surface area contributed by atoms with Crippen LogP contribution in [-0.2, 0) is 6.18 Å². The van der Waals surface area contributed by atoms with Gasteiger partial charge in [0.25, 0.3) is 11.1 Å². The highest BCUT2D eigenvalue weighted by Gasteiger charge is 2.34. The Morgan fingerprint density at radius 2 is 2.00 bits per heavy atom. The number of carbonyl (C=O) groups excluding carboxylic acids is 1. The lowest BCUT2D eigenvalue weighted by molar-refractivity contribution is -0.140. The second-order valence-electron chi connectivity index (χ2n) is 3.46. The van der Waals surface area contributed by atoms with Gasteiger partial charge in [-0.2, -0.15) is 18.2 Å². The number of nitrogens with two attached hydrogens (primary N) is 1. The van der Waals surface area contributed by atoms with Gasteiger partial charge in [-0.3, -0.25) is 4.79 Å². The van der Waals surface area contributed by atoms with Crippen LogP contribution in [0.4, 0.5) is 13.2 Å². The molecule has 2 rings (SSSR count). The van der Waals surface area contributed by atoms with Gasteiger partial charge in [-0.05, 0) is 12.1 Å². The minimum absolute atomic E-state index is 0.0677. The summed E-state index contributed by atoms with van der Waals surface area (Å²) in [6.07, 6.45) is -4.53. The number of amides is 1. The van der Waals surface area contributed by atoms with Gasteiger partial charge >= 0.3 is 6.18 Å². The fourth-order valence-corrected chi connectivity index (χ4v) is 1.98. The molecule has 0 spiro atoms. The molecule has 0 aliphatic rings. The van der Waals surface area contributed by atoms with Crippen molar-refractivity contribution >= 4 is 17.2 Å². The van der Waals surface area contributed by atoms with E-state index in [1.54, 1.807) is 12.1 Å². The molecule has 0 unspecified atom stereocenters. The van der Waals surface area contributed by atoms with E-state index < -0.39 is 17.8 Å². The molecule has 0 radical (unpaired) electrons. The van der Waals surface area contributed by atoms with Gasteiger partial charge in [0.1, 0.15) is 5.75 Å². The highest BCUT2D eigenvalue weighted by molar-refractivity contribution is 7.11. The molecule has 2 N–H and O–H groups in total. The average molecular weight is 288 g/mol. The first kappa shape index (κ1) is 13.3. The molecule has 0 atom stereocenters. The molecule has 1 aromatic carbocycles. The van der Waals surface area contributed by atoms with Crippen molar-refractivity contribution in [1.82, 2.24) is 4.98 Å². The fourth-order valence-electron chi connectivity index (χ4n) is 1.29. The maximum absolute atomic E-state index is 12.4. The SMILES string of the molecule is NC(=O)c1ccccc1Oc1nc(C(F)(F)F)cs1. The van der Waals surface area contributed by atoms with Crippen LogP contribution >= 0.6 is 11.3 Å². The molecule has 100 valence electrons. The monoisotopic (exact) mass is 288 g/mol. The zero-order valence-corrected chi connectivity index (χ0v) is 10.1. The number of aromatic nitrogens is 1. The highest BCUT2D eigenvalue weighted by Crippen LogP contribution is 2.34. The molecular weight excluding hydrogens is 281 g/mol. The van der Waals surface area contributed by atoms with E-state index in [1.165, 1.54) is 12.1 Å². The Labute approximate surface area is 109 Å². The Bertz CT molecular complexity index is 610. The Hall–Kier alpha value is -2.09. The number of carbonyl (C=O) groups is 1. The smallest absolute Gasteiger partial charge is 0.430 e. The number of primary amides is 1. The van der Waals surface area contributed by atoms with Crippen LogP contribution in [-0.4, -0.2) is 10.9 Å². The Morgan fingerprint density at radius 3 is 2.58 bits per heavy atom. The van der Waals surface area contributed by atoms with Crippen LogP contribution < -0.4 is 10.5 Å². The number of thiazole rings is 1. The minimum atomic E-state index is -4.53. The number of ether oxygens (including phenoxy) is 1. The van der Waals surface area contributed by atoms with Crippen molar-refractivity contribution in [1.29, 1.82) is 0 Å². The summed E-state index contributed by atoms with van der Waals surface area (Å²) in [6, 6.07) is 5.97. The third-order valence-electron chi connectivity index (χ3n) is 2.12. The second-order valence-corrected chi connectivity index (χ2v) is 4.28. The molecular formula is C11H7F3N2O2S. The minimum Gasteiger partial charge on any atom is -0.430 e. The summed E-state index contributed by atoms with van der Waals surface area (Å²) in [5.41, 5.74) is 4.16. The van der Waals surface area contributed by atoms with Gasteiger partial charge in [-0.15, -0.1) is 0 Å². The van der Waals surface area contributed by atoms with E-state index in [0.717, 1.165) is 5.38 Å². The number of hydrogen-bond acceptors (Lipinski definition) is 4. The van der Waals surface area contributed by atoms with Gasteiger partial charge in [-0.25, -0.2) is 0 Å². The zero-order chi connectivity index (χ0) is 14.0. The van der Waals surface area contributed by atoms with Crippen molar-refractivity contribution in [2.75, 3.05) is 0 Å². The van der Waals surface area contributed by atoms with Crippen LogP contribution in [0.3, 0.4) is 0 Å². The van der Waals surface area contributed by atoms with Crippen LogP contribution in [0.1, 0.15) is 16.1 Å². The van der Waals surface area contributed by atoms with Gasteiger partial charge < -0.3 is 10.5 Å². The highest BCUT2D eigenvalue weighted by atomic mass is 32.1. The molecule has 0 fully saturated rings. The number of para-hydroxylation sites is 1. The van der Waals surface area contributed by atoms with E-state index in [4.69, 9.17) is 10.5 Å². The van der Waals surface area contributed by atoms with Crippen LogP contribution in [0.15, 0.2) is 29.6 Å². The largest absolute Gasteiger partial charge is 0.434 e. The predicted octanol–water partition coefficient (Wildman–Crippen LogP) is 3.05. The van der Waals surface area contributed by atoms with Crippen LogP contribution in [0.5, 0.6) is 10.9 Å². The van der Waals surface area contributed by atoms with E-state index >= 15 is 0 Å². The van der Waals surface area contributed by atoms with E-state index in [0.29, 0.717) is 11.3 Å². The Morgan fingerprint density at radius 1 is 1.32 bits per heavy atom. The van der Waals surface area contributed by atoms with Crippen molar-refractivity contribution in [2.45, 2.75) is 6.18 Å². The van der Waals surface area contributed by atoms with Crippen molar-refractivity contribution < 1.29 is 22.7 Å². The van der Waals surface area contributed by atoms with Crippen molar-refractivity contribution in [3.63, 3.8) is 0 Å². The number of alkyl halides is 3. The number of halogens is 3. The summed E-state index contributed by atoms with van der Waals surface area (Å²) >= 11 is 0.686. The third kappa shape index (κ3) is 3.02. The zero-order valence-electron chi connectivity index (χ0n) is 9.27. The Balaban J connectivity index is 2.27. The average Bonchev–Trinajstić information content (AvgIpc) is 2.77. The third-order valence-corrected chi connectivity index (χ3v) is 2.84. The standard InChI is InChI=1S/C11H7F3N2O2S/c12-11(13,14)8-5-19-10(16-8)18-7-4-2-1-3-6(7)9(15)17/h1-5H,(H2,15,17). The number of nitrogens with zero attached hydrogens (tertiary/aromatic N) is 1. The van der Waals surface area contributed by atoms with Gasteiger partial charge in [-0.1, -0.05) is 23.5 Å². The first-order valence-electron chi connectivity index (χ1n) is 4.97. The summed E-state index contributed by atoms with van der Waals surface area (Å²) in [7, 11) is 0. The van der Waals surface area contributed by atoms with Gasteiger partial charge in [0.05, 0.1) is 5.56 Å². The molecule has 2 aromatic rings. The molecule has 0 saturated heterocycles. The maximum atomic E-state index is 12.4. The van der Waals surface area contributed by atoms with Crippen molar-refractivity contribution in [3.05, 3.63) is 40.9 Å². The van der Waals surface area contributed by atoms with Crippen molar-refractivity contribution in [3.8, 4) is 10.9 Å². The van der Waals surface area contributed by atoms with Crippen LogP contribution in [0, 0.1) is 0 Å². The summed E-state index contributed by atoms with van der Waals surface area (Å²) in [5, 5.41) is 0.628. The summed E-state index contributed by atoms with van der Waals surface area (Å²) in [5.74, 6) is -0.665. The van der Waals surface area contributed by atoms with E-state index in [9.17, 15) is 18.0 Å². The van der Waals surface area contributed by atoms with E-state index in [-0.39, 0.29) is 16.5 Å². The molecule has 8 heteroatoms. The molecule has 1 amide bonds. The molecule has 0 aliphatic heterocycles. The molecule has 1 aromatic heterocycles. The second kappa shape index (κ2) is 4.88. The number of rotatable bonds is 3. The lowest BCUT2D eigenvalue weighted by atomic mass is 10.2. The predicted molar refractivity (Wildman–Crippen MR) is 62.1 cm³/mol. The first-order chi connectivity index (χ1) is 8.88. The van der Waals surface area contributed by atoms with Gasteiger partial charge in [0.15, 0.2) is 5.69 Å². The molecule has 4 nitrogen and oxygen atoms in total. The number of benzene rings is 1. The van der Waals surface area contributed by atoms with E-state index in [2.05, 4.69) is 4.98 Å².